The SMILES string of the molecule is CN(C)C(=O)CN(C)C(=O)c1cccc([N+](=O)[O-])c1Cl. The van der Waals surface area contributed by atoms with Gasteiger partial charge in [0.1, 0.15) is 5.02 Å². The number of nitro groups is 1. The third kappa shape index (κ3) is 3.45. The fourth-order valence-electron chi connectivity index (χ4n) is 1.45. The smallest absolute Gasteiger partial charge is 0.288 e. The molecule has 0 aliphatic rings. The molecule has 1 aromatic rings. The molecule has 0 radical (unpaired) electrons. The number of halogens is 1. The van der Waals surface area contributed by atoms with Gasteiger partial charge in [-0.15, -0.1) is 0 Å². The second-order valence-corrected chi connectivity index (χ2v) is 4.72. The molecule has 0 aliphatic heterocycles. The number of benzene rings is 1. The van der Waals surface area contributed by atoms with Crippen LogP contribution >= 0.6 is 11.6 Å². The second-order valence-electron chi connectivity index (χ2n) is 4.35. The first-order valence-corrected chi connectivity index (χ1v) is 6.02. The number of hydrogen-bond acceptors (Lipinski definition) is 4. The molecule has 0 atom stereocenters. The molecule has 20 heavy (non-hydrogen) atoms. The molecule has 2 amide bonds. The lowest BCUT2D eigenvalue weighted by molar-refractivity contribution is -0.384. The van der Waals surface area contributed by atoms with Crippen LogP contribution in [0.5, 0.6) is 0 Å². The van der Waals surface area contributed by atoms with Gasteiger partial charge in [0, 0.05) is 27.2 Å². The molecule has 0 heterocycles. The van der Waals surface area contributed by atoms with E-state index in [1.54, 1.807) is 14.1 Å². The zero-order valence-corrected chi connectivity index (χ0v) is 12.0. The molecule has 8 heteroatoms. The molecule has 0 saturated carbocycles. The van der Waals surface area contributed by atoms with Gasteiger partial charge in [-0.3, -0.25) is 19.7 Å². The molecular formula is C12H14ClN3O4. The van der Waals surface area contributed by atoms with Crippen LogP contribution in [-0.2, 0) is 4.79 Å². The summed E-state index contributed by atoms with van der Waals surface area (Å²) in [5.74, 6) is -0.809. The molecule has 0 bridgehead atoms. The minimum absolute atomic E-state index is 0.00470. The van der Waals surface area contributed by atoms with E-state index in [0.29, 0.717) is 0 Å². The number of amides is 2. The van der Waals surface area contributed by atoms with Crippen molar-refractivity contribution in [2.45, 2.75) is 0 Å². The Bertz CT molecular complexity index is 560. The Morgan fingerprint density at radius 1 is 1.30 bits per heavy atom. The Morgan fingerprint density at radius 3 is 2.40 bits per heavy atom. The first-order valence-electron chi connectivity index (χ1n) is 5.64. The van der Waals surface area contributed by atoms with Crippen LogP contribution in [0.1, 0.15) is 10.4 Å². The molecule has 0 aromatic heterocycles. The Morgan fingerprint density at radius 2 is 1.90 bits per heavy atom. The van der Waals surface area contributed by atoms with Crippen LogP contribution in [0.3, 0.4) is 0 Å². The van der Waals surface area contributed by atoms with E-state index in [1.165, 1.54) is 30.1 Å². The summed E-state index contributed by atoms with van der Waals surface area (Å²) in [6.45, 7) is -0.134. The maximum absolute atomic E-state index is 12.1. The highest BCUT2D eigenvalue weighted by Gasteiger charge is 2.23. The normalized spacial score (nSPS) is 10.0. The minimum Gasteiger partial charge on any atom is -0.347 e. The maximum Gasteiger partial charge on any atom is 0.288 e. The molecule has 0 N–H and O–H groups in total. The van der Waals surface area contributed by atoms with Gasteiger partial charge in [-0.1, -0.05) is 17.7 Å². The lowest BCUT2D eigenvalue weighted by Crippen LogP contribution is -2.37. The lowest BCUT2D eigenvalue weighted by atomic mass is 10.1. The van der Waals surface area contributed by atoms with Gasteiger partial charge in [0.15, 0.2) is 0 Å². The van der Waals surface area contributed by atoms with E-state index in [-0.39, 0.29) is 28.7 Å². The largest absolute Gasteiger partial charge is 0.347 e. The summed E-state index contributed by atoms with van der Waals surface area (Å²) in [4.78, 5) is 36.3. The van der Waals surface area contributed by atoms with E-state index in [4.69, 9.17) is 11.6 Å². The Hall–Kier alpha value is -2.15. The van der Waals surface area contributed by atoms with Crippen LogP contribution in [0.4, 0.5) is 5.69 Å². The average Bonchev–Trinajstić information content (AvgIpc) is 2.37. The molecule has 108 valence electrons. The van der Waals surface area contributed by atoms with Gasteiger partial charge in [-0.05, 0) is 6.07 Å². The minimum atomic E-state index is -0.663. The van der Waals surface area contributed by atoms with E-state index < -0.39 is 10.8 Å². The molecule has 0 saturated heterocycles. The third-order valence-electron chi connectivity index (χ3n) is 2.62. The van der Waals surface area contributed by atoms with Crippen molar-refractivity contribution in [2.75, 3.05) is 27.7 Å². The van der Waals surface area contributed by atoms with Crippen molar-refractivity contribution in [2.24, 2.45) is 0 Å². The van der Waals surface area contributed by atoms with E-state index in [9.17, 15) is 19.7 Å². The first-order chi connectivity index (χ1) is 9.25. The van der Waals surface area contributed by atoms with Crippen LogP contribution in [0, 0.1) is 10.1 Å². The monoisotopic (exact) mass is 299 g/mol. The Kier molecular flexibility index (Phi) is 5.04. The highest BCUT2D eigenvalue weighted by molar-refractivity contribution is 6.35. The van der Waals surface area contributed by atoms with E-state index in [2.05, 4.69) is 0 Å². The van der Waals surface area contributed by atoms with Crippen molar-refractivity contribution in [3.8, 4) is 0 Å². The summed E-state index contributed by atoms with van der Waals surface area (Å²) in [6.07, 6.45) is 0. The summed E-state index contributed by atoms with van der Waals surface area (Å²) < 4.78 is 0. The zero-order valence-electron chi connectivity index (χ0n) is 11.3. The maximum atomic E-state index is 12.1. The van der Waals surface area contributed by atoms with Crippen molar-refractivity contribution in [1.82, 2.24) is 9.80 Å². The summed E-state index contributed by atoms with van der Waals surface area (Å²) in [6, 6.07) is 3.97. The van der Waals surface area contributed by atoms with Crippen molar-refractivity contribution < 1.29 is 14.5 Å². The van der Waals surface area contributed by atoms with E-state index >= 15 is 0 Å². The fraction of sp³-hybridized carbons (Fsp3) is 0.333. The Labute approximate surface area is 120 Å². The van der Waals surface area contributed by atoms with Gasteiger partial charge < -0.3 is 9.80 Å². The number of carbonyl (C=O) groups excluding carboxylic acids is 2. The van der Waals surface area contributed by atoms with Gasteiger partial charge in [0.25, 0.3) is 11.6 Å². The van der Waals surface area contributed by atoms with E-state index in [0.717, 1.165) is 4.90 Å². The molecule has 0 aliphatic carbocycles. The number of nitrogens with zero attached hydrogens (tertiary/aromatic N) is 3. The van der Waals surface area contributed by atoms with Crippen molar-refractivity contribution in [1.29, 1.82) is 0 Å². The second kappa shape index (κ2) is 6.33. The molecule has 7 nitrogen and oxygen atoms in total. The quantitative estimate of drug-likeness (QED) is 0.621. The third-order valence-corrected chi connectivity index (χ3v) is 3.02. The molecule has 0 spiro atoms. The van der Waals surface area contributed by atoms with Crippen LogP contribution < -0.4 is 0 Å². The number of carbonyl (C=O) groups is 2. The highest BCUT2D eigenvalue weighted by Crippen LogP contribution is 2.28. The van der Waals surface area contributed by atoms with Gasteiger partial charge >= 0.3 is 0 Å². The number of hydrogen-bond donors (Lipinski definition) is 0. The molecule has 0 fully saturated rings. The van der Waals surface area contributed by atoms with Crippen LogP contribution in [0.25, 0.3) is 0 Å². The van der Waals surface area contributed by atoms with Gasteiger partial charge in [-0.25, -0.2) is 0 Å². The highest BCUT2D eigenvalue weighted by atomic mass is 35.5. The molecule has 0 unspecified atom stereocenters. The summed E-state index contributed by atoms with van der Waals surface area (Å²) in [7, 11) is 4.57. The van der Waals surface area contributed by atoms with Crippen LogP contribution in [-0.4, -0.2) is 54.2 Å². The summed E-state index contributed by atoms with van der Waals surface area (Å²) in [5.41, 5.74) is -0.347. The van der Waals surface area contributed by atoms with Crippen molar-refractivity contribution in [3.63, 3.8) is 0 Å². The van der Waals surface area contributed by atoms with Crippen LogP contribution in [0.15, 0.2) is 18.2 Å². The molecule has 1 aromatic carbocycles. The van der Waals surface area contributed by atoms with Gasteiger partial charge in [-0.2, -0.15) is 0 Å². The van der Waals surface area contributed by atoms with Gasteiger partial charge in [0.2, 0.25) is 5.91 Å². The van der Waals surface area contributed by atoms with E-state index in [1.807, 2.05) is 0 Å². The standard InChI is InChI=1S/C12H14ClN3O4/c1-14(2)10(17)7-15(3)12(18)8-5-4-6-9(11(8)13)16(19)20/h4-6H,7H2,1-3H3. The predicted octanol–water partition coefficient (Wildman–Crippen LogP) is 1.41. The topological polar surface area (TPSA) is 83.8 Å². The zero-order chi connectivity index (χ0) is 15.4. The summed E-state index contributed by atoms with van der Waals surface area (Å²) >= 11 is 5.86. The van der Waals surface area contributed by atoms with Crippen molar-refractivity contribution in [3.05, 3.63) is 38.9 Å². The molecular weight excluding hydrogens is 286 g/mol. The lowest BCUT2D eigenvalue weighted by Gasteiger charge is -2.19. The fourth-order valence-corrected chi connectivity index (χ4v) is 1.72. The van der Waals surface area contributed by atoms with Crippen LogP contribution in [0.2, 0.25) is 5.02 Å². The average molecular weight is 300 g/mol. The predicted molar refractivity (Wildman–Crippen MR) is 73.8 cm³/mol. The van der Waals surface area contributed by atoms with Gasteiger partial charge in [0.05, 0.1) is 17.0 Å². The van der Waals surface area contributed by atoms with Crippen molar-refractivity contribution >= 4 is 29.1 Å². The Balaban J connectivity index is 3.01. The first kappa shape index (κ1) is 15.9. The summed E-state index contributed by atoms with van der Waals surface area (Å²) in [5, 5.41) is 10.5. The molecule has 1 rings (SSSR count). The number of rotatable bonds is 4. The number of nitro benzene ring substituents is 1. The number of likely N-dealkylation sites (N-methyl/N-ethyl adjacent to an activating group) is 2.